The predicted octanol–water partition coefficient (Wildman–Crippen LogP) is 1.17. The molecular weight excluding hydrogens is 385 g/mol. The summed E-state index contributed by atoms with van der Waals surface area (Å²) in [6, 6.07) is 2.03. The molecule has 0 aliphatic carbocycles. The number of rotatable bonds is 5. The lowest BCUT2D eigenvalue weighted by Crippen LogP contribution is -2.42. The molecule has 7 nitrogen and oxygen atoms in total. The second-order valence-corrected chi connectivity index (χ2v) is 5.07. The number of guanidine groups is 1. The number of carbonyl (C=O) groups excluding carboxylic acids is 1. The van der Waals surface area contributed by atoms with E-state index in [0.29, 0.717) is 12.5 Å². The fraction of sp³-hybridized carbons (Fsp3) is 0.615. The maximum Gasteiger partial charge on any atom is 0.243 e. The number of halogens is 1. The summed E-state index contributed by atoms with van der Waals surface area (Å²) >= 11 is 0. The van der Waals surface area contributed by atoms with Gasteiger partial charge in [0, 0.05) is 33.3 Å². The summed E-state index contributed by atoms with van der Waals surface area (Å²) in [5.74, 6) is 0.626. The smallest absolute Gasteiger partial charge is 0.243 e. The van der Waals surface area contributed by atoms with Gasteiger partial charge in [-0.25, -0.2) is 4.99 Å². The molecule has 0 saturated carbocycles. The van der Waals surface area contributed by atoms with Gasteiger partial charge in [-0.1, -0.05) is 5.16 Å². The van der Waals surface area contributed by atoms with Crippen LogP contribution in [-0.2, 0) is 11.3 Å². The first-order chi connectivity index (χ1) is 9.40. The lowest BCUT2D eigenvalue weighted by atomic mass is 10.4. The van der Waals surface area contributed by atoms with Gasteiger partial charge in [0.1, 0.15) is 18.5 Å². The minimum Gasteiger partial charge on any atom is -0.364 e. The average Bonchev–Trinajstić information content (AvgIpc) is 2.86. The van der Waals surface area contributed by atoms with Gasteiger partial charge in [-0.3, -0.25) is 4.79 Å². The van der Waals surface area contributed by atoms with Crippen LogP contribution in [0.15, 0.2) is 21.8 Å². The number of likely N-dealkylation sites (N-methyl/N-ethyl adjacent to an activating group) is 1. The molecule has 0 aliphatic rings. The molecule has 0 radical (unpaired) electrons. The zero-order valence-electron chi connectivity index (χ0n) is 13.2. The number of amides is 1. The molecule has 1 heterocycles. The quantitative estimate of drug-likeness (QED) is 0.449. The lowest BCUT2D eigenvalue weighted by Gasteiger charge is -2.23. The highest BCUT2D eigenvalue weighted by molar-refractivity contribution is 14.0. The Hall–Kier alpha value is -1.32. The molecule has 0 aliphatic heterocycles. The zero-order valence-corrected chi connectivity index (χ0v) is 15.5. The van der Waals surface area contributed by atoms with Gasteiger partial charge >= 0.3 is 0 Å². The van der Waals surface area contributed by atoms with Crippen molar-refractivity contribution in [3.8, 4) is 0 Å². The van der Waals surface area contributed by atoms with E-state index in [2.05, 4.69) is 15.5 Å². The van der Waals surface area contributed by atoms with E-state index in [1.807, 2.05) is 25.8 Å². The van der Waals surface area contributed by atoms with Crippen LogP contribution in [-0.4, -0.2) is 60.6 Å². The van der Waals surface area contributed by atoms with Crippen LogP contribution in [0.5, 0.6) is 0 Å². The van der Waals surface area contributed by atoms with E-state index in [9.17, 15) is 4.79 Å². The van der Waals surface area contributed by atoms with Crippen molar-refractivity contribution in [1.29, 1.82) is 0 Å². The molecule has 120 valence electrons. The molecular formula is C13H24IN5O2. The Kier molecular flexibility index (Phi) is 8.98. The highest BCUT2D eigenvalue weighted by Crippen LogP contribution is 2.00. The van der Waals surface area contributed by atoms with Crippen LogP contribution < -0.4 is 5.32 Å². The van der Waals surface area contributed by atoms with Gasteiger partial charge in [-0.05, 0) is 13.8 Å². The van der Waals surface area contributed by atoms with Gasteiger partial charge in [0.05, 0.1) is 6.54 Å². The minimum atomic E-state index is -0.0390. The number of nitrogens with zero attached hydrogens (tertiary/aromatic N) is 4. The number of hydrogen-bond donors (Lipinski definition) is 1. The summed E-state index contributed by atoms with van der Waals surface area (Å²) in [5.41, 5.74) is 0.810. The summed E-state index contributed by atoms with van der Waals surface area (Å²) in [4.78, 5) is 19.4. The summed E-state index contributed by atoms with van der Waals surface area (Å²) in [6.45, 7) is 4.72. The fourth-order valence-electron chi connectivity index (χ4n) is 1.46. The first-order valence-corrected chi connectivity index (χ1v) is 6.51. The van der Waals surface area contributed by atoms with Crippen LogP contribution >= 0.6 is 24.0 Å². The van der Waals surface area contributed by atoms with Crippen molar-refractivity contribution in [2.24, 2.45) is 4.99 Å². The van der Waals surface area contributed by atoms with Crippen molar-refractivity contribution in [2.45, 2.75) is 26.4 Å². The predicted molar refractivity (Wildman–Crippen MR) is 92.7 cm³/mol. The number of nitrogens with one attached hydrogen (secondary N) is 1. The van der Waals surface area contributed by atoms with Crippen molar-refractivity contribution in [1.82, 2.24) is 20.3 Å². The fourth-order valence-corrected chi connectivity index (χ4v) is 1.46. The normalized spacial score (nSPS) is 11.0. The Morgan fingerprint density at radius 1 is 1.43 bits per heavy atom. The van der Waals surface area contributed by atoms with E-state index in [1.54, 1.807) is 20.2 Å². The maximum absolute atomic E-state index is 11.6. The molecule has 0 spiro atoms. The Bertz CT molecular complexity index is 445. The van der Waals surface area contributed by atoms with Crippen LogP contribution in [0.1, 0.15) is 19.5 Å². The highest BCUT2D eigenvalue weighted by Gasteiger charge is 2.11. The third-order valence-corrected chi connectivity index (χ3v) is 2.53. The number of aliphatic imine (C=N–C) groups is 1. The summed E-state index contributed by atoms with van der Waals surface area (Å²) in [6.07, 6.45) is 1.53. The second kappa shape index (κ2) is 9.59. The Labute approximate surface area is 142 Å². The number of aromatic nitrogens is 1. The van der Waals surface area contributed by atoms with E-state index in [4.69, 9.17) is 4.52 Å². The molecule has 8 heteroatoms. The first kappa shape index (κ1) is 19.7. The Balaban J connectivity index is 0.00000400. The molecule has 1 amide bonds. The van der Waals surface area contributed by atoms with Crippen LogP contribution in [0.25, 0.3) is 0 Å². The molecule has 0 aromatic carbocycles. The monoisotopic (exact) mass is 409 g/mol. The summed E-state index contributed by atoms with van der Waals surface area (Å²) < 4.78 is 4.81. The molecule has 1 rings (SSSR count). The van der Waals surface area contributed by atoms with E-state index < -0.39 is 0 Å². The largest absolute Gasteiger partial charge is 0.364 e. The van der Waals surface area contributed by atoms with Gasteiger partial charge < -0.3 is 19.6 Å². The number of hydrogen-bond acceptors (Lipinski definition) is 4. The molecule has 0 bridgehead atoms. The third kappa shape index (κ3) is 7.30. The van der Waals surface area contributed by atoms with E-state index in [1.165, 1.54) is 11.2 Å². The Morgan fingerprint density at radius 3 is 2.57 bits per heavy atom. The molecule has 1 aromatic rings. The zero-order chi connectivity index (χ0) is 15.1. The SMILES string of the molecule is CC(C)NC(=NCC(=O)N(C)C)N(C)Cc1ccon1.I. The topological polar surface area (TPSA) is 74.0 Å². The molecule has 1 N–H and O–H groups in total. The average molecular weight is 409 g/mol. The summed E-state index contributed by atoms with van der Waals surface area (Å²) in [7, 11) is 5.32. The molecule has 0 saturated heterocycles. The van der Waals surface area contributed by atoms with E-state index >= 15 is 0 Å². The number of carbonyl (C=O) groups is 1. The van der Waals surface area contributed by atoms with Crippen LogP contribution in [0.3, 0.4) is 0 Å². The molecule has 0 fully saturated rings. The molecule has 0 unspecified atom stereocenters. The lowest BCUT2D eigenvalue weighted by molar-refractivity contribution is -0.127. The van der Waals surface area contributed by atoms with E-state index in [0.717, 1.165) is 5.69 Å². The van der Waals surface area contributed by atoms with Gasteiger partial charge in [0.25, 0.3) is 0 Å². The van der Waals surface area contributed by atoms with Crippen molar-refractivity contribution < 1.29 is 9.32 Å². The first-order valence-electron chi connectivity index (χ1n) is 6.51. The molecule has 1 aromatic heterocycles. The van der Waals surface area contributed by atoms with Crippen LogP contribution in [0.4, 0.5) is 0 Å². The van der Waals surface area contributed by atoms with Crippen LogP contribution in [0.2, 0.25) is 0 Å². The standard InChI is InChI=1S/C13H23N5O2.HI/c1-10(2)15-13(14-8-12(19)17(3)4)18(5)9-11-6-7-20-16-11;/h6-7,10H,8-9H2,1-5H3,(H,14,15);1H. The molecule has 0 atom stereocenters. The highest BCUT2D eigenvalue weighted by atomic mass is 127. The third-order valence-electron chi connectivity index (χ3n) is 2.53. The second-order valence-electron chi connectivity index (χ2n) is 5.07. The van der Waals surface area contributed by atoms with Crippen molar-refractivity contribution >= 4 is 35.8 Å². The summed E-state index contributed by atoms with van der Waals surface area (Å²) in [5, 5.41) is 7.10. The van der Waals surface area contributed by atoms with Gasteiger partial charge in [0.2, 0.25) is 5.91 Å². The van der Waals surface area contributed by atoms with E-state index in [-0.39, 0.29) is 42.5 Å². The van der Waals surface area contributed by atoms with Gasteiger partial charge in [-0.15, -0.1) is 24.0 Å². The minimum absolute atomic E-state index is 0. The van der Waals surface area contributed by atoms with Crippen LogP contribution in [0, 0.1) is 0 Å². The van der Waals surface area contributed by atoms with Crippen molar-refractivity contribution in [2.75, 3.05) is 27.7 Å². The van der Waals surface area contributed by atoms with Gasteiger partial charge in [0.15, 0.2) is 5.96 Å². The Morgan fingerprint density at radius 2 is 2.10 bits per heavy atom. The maximum atomic E-state index is 11.6. The molecule has 21 heavy (non-hydrogen) atoms. The van der Waals surface area contributed by atoms with Crippen molar-refractivity contribution in [3.63, 3.8) is 0 Å². The van der Waals surface area contributed by atoms with Gasteiger partial charge in [-0.2, -0.15) is 0 Å². The van der Waals surface area contributed by atoms with Crippen molar-refractivity contribution in [3.05, 3.63) is 18.0 Å².